The van der Waals surface area contributed by atoms with Gasteiger partial charge in [-0.15, -0.1) is 11.8 Å². The minimum Gasteiger partial charge on any atom is -0.494 e. The second kappa shape index (κ2) is 10.9. The lowest BCUT2D eigenvalue weighted by atomic mass is 10.1. The monoisotopic (exact) mass is 412 g/mol. The highest BCUT2D eigenvalue weighted by molar-refractivity contribution is 8.00. The summed E-state index contributed by atoms with van der Waals surface area (Å²) in [4.78, 5) is 27.6. The second-order valence-electron chi connectivity index (χ2n) is 7.02. The quantitative estimate of drug-likeness (QED) is 0.663. The van der Waals surface area contributed by atoms with Gasteiger partial charge in [0.1, 0.15) is 5.75 Å². The number of likely N-dealkylation sites (tertiary alicyclic amines) is 1. The molecule has 0 unspecified atom stereocenters. The van der Waals surface area contributed by atoms with Gasteiger partial charge < -0.3 is 15.0 Å². The molecular formula is C23H28N2O3S. The lowest BCUT2D eigenvalue weighted by Crippen LogP contribution is -2.35. The number of amides is 2. The van der Waals surface area contributed by atoms with E-state index in [0.717, 1.165) is 42.1 Å². The van der Waals surface area contributed by atoms with Gasteiger partial charge in [-0.05, 0) is 68.1 Å². The van der Waals surface area contributed by atoms with Crippen LogP contribution in [0.25, 0.3) is 0 Å². The van der Waals surface area contributed by atoms with Gasteiger partial charge in [0.2, 0.25) is 5.91 Å². The van der Waals surface area contributed by atoms with Crippen LogP contribution in [0.3, 0.4) is 0 Å². The lowest BCUT2D eigenvalue weighted by molar-refractivity contribution is -0.118. The van der Waals surface area contributed by atoms with E-state index in [4.69, 9.17) is 4.74 Å². The van der Waals surface area contributed by atoms with Gasteiger partial charge in [-0.3, -0.25) is 9.59 Å². The Balaban J connectivity index is 1.42. The summed E-state index contributed by atoms with van der Waals surface area (Å²) in [6.45, 7) is 4.75. The lowest BCUT2D eigenvalue weighted by Gasteiger charge is -2.26. The zero-order valence-electron chi connectivity index (χ0n) is 16.9. The number of thioether (sulfide) groups is 1. The molecule has 2 aromatic rings. The van der Waals surface area contributed by atoms with Crippen LogP contribution in [0.15, 0.2) is 53.4 Å². The molecule has 1 aliphatic rings. The highest BCUT2D eigenvalue weighted by Crippen LogP contribution is 2.21. The van der Waals surface area contributed by atoms with Crippen molar-refractivity contribution in [2.45, 2.75) is 37.6 Å². The number of rotatable bonds is 8. The molecule has 2 aromatic carbocycles. The standard InChI is InChI=1S/C23H28N2O3S/c1-2-28-20-10-12-21(13-11-20)29-17-22(26)24-16-18-6-8-19(9-7-18)23(27)25-14-4-3-5-15-25/h6-13H,2-5,14-17H2,1H3,(H,24,26). The minimum atomic E-state index is -0.0163. The molecule has 6 heteroatoms. The fourth-order valence-corrected chi connectivity index (χ4v) is 3.97. The van der Waals surface area contributed by atoms with Crippen LogP contribution in [-0.4, -0.2) is 42.2 Å². The first kappa shape index (κ1) is 21.2. The Morgan fingerprint density at radius 3 is 2.34 bits per heavy atom. The maximum Gasteiger partial charge on any atom is 0.253 e. The maximum absolute atomic E-state index is 12.5. The van der Waals surface area contributed by atoms with E-state index in [0.29, 0.717) is 24.5 Å². The smallest absolute Gasteiger partial charge is 0.253 e. The van der Waals surface area contributed by atoms with Crippen molar-refractivity contribution < 1.29 is 14.3 Å². The predicted molar refractivity (Wildman–Crippen MR) is 116 cm³/mol. The predicted octanol–water partition coefficient (Wildman–Crippen LogP) is 4.12. The topological polar surface area (TPSA) is 58.6 Å². The van der Waals surface area contributed by atoms with Crippen LogP contribution in [0.4, 0.5) is 0 Å². The van der Waals surface area contributed by atoms with Crippen LogP contribution < -0.4 is 10.1 Å². The van der Waals surface area contributed by atoms with E-state index in [2.05, 4.69) is 5.32 Å². The Hall–Kier alpha value is -2.47. The van der Waals surface area contributed by atoms with Gasteiger partial charge in [0.25, 0.3) is 5.91 Å². The van der Waals surface area contributed by atoms with E-state index in [1.54, 1.807) is 0 Å². The normalized spacial score (nSPS) is 13.8. The number of hydrogen-bond donors (Lipinski definition) is 1. The third-order valence-electron chi connectivity index (χ3n) is 4.84. The number of carbonyl (C=O) groups is 2. The van der Waals surface area contributed by atoms with Crippen molar-refractivity contribution in [2.24, 2.45) is 0 Å². The zero-order valence-corrected chi connectivity index (χ0v) is 17.7. The van der Waals surface area contributed by atoms with Crippen LogP contribution in [0.5, 0.6) is 5.75 Å². The molecular weight excluding hydrogens is 384 g/mol. The van der Waals surface area contributed by atoms with E-state index in [1.165, 1.54) is 18.2 Å². The maximum atomic E-state index is 12.5. The van der Waals surface area contributed by atoms with E-state index in [1.807, 2.05) is 60.4 Å². The van der Waals surface area contributed by atoms with Crippen molar-refractivity contribution in [2.75, 3.05) is 25.4 Å². The number of carbonyl (C=O) groups excluding carboxylic acids is 2. The Morgan fingerprint density at radius 2 is 1.69 bits per heavy atom. The number of piperidine rings is 1. The summed E-state index contributed by atoms with van der Waals surface area (Å²) in [5.41, 5.74) is 1.70. The molecule has 0 bridgehead atoms. The molecule has 154 valence electrons. The van der Waals surface area contributed by atoms with E-state index in [-0.39, 0.29) is 11.8 Å². The van der Waals surface area contributed by atoms with Gasteiger partial charge in [0, 0.05) is 30.1 Å². The highest BCUT2D eigenvalue weighted by atomic mass is 32.2. The van der Waals surface area contributed by atoms with Gasteiger partial charge >= 0.3 is 0 Å². The van der Waals surface area contributed by atoms with Crippen LogP contribution in [0, 0.1) is 0 Å². The molecule has 1 fully saturated rings. The van der Waals surface area contributed by atoms with E-state index in [9.17, 15) is 9.59 Å². The van der Waals surface area contributed by atoms with Gasteiger partial charge in [0.05, 0.1) is 12.4 Å². The van der Waals surface area contributed by atoms with Gasteiger partial charge in [-0.1, -0.05) is 12.1 Å². The number of benzene rings is 2. The highest BCUT2D eigenvalue weighted by Gasteiger charge is 2.17. The summed E-state index contributed by atoms with van der Waals surface area (Å²) in [5, 5.41) is 2.93. The molecule has 2 amide bonds. The third-order valence-corrected chi connectivity index (χ3v) is 5.85. The summed E-state index contributed by atoms with van der Waals surface area (Å²) in [5.74, 6) is 1.28. The second-order valence-corrected chi connectivity index (χ2v) is 8.07. The Kier molecular flexibility index (Phi) is 7.99. The Bertz CT molecular complexity index is 800. The summed E-state index contributed by atoms with van der Waals surface area (Å²) >= 11 is 1.49. The van der Waals surface area contributed by atoms with Crippen LogP contribution >= 0.6 is 11.8 Å². The van der Waals surface area contributed by atoms with Crippen molar-refractivity contribution in [3.05, 3.63) is 59.7 Å². The fraction of sp³-hybridized carbons (Fsp3) is 0.391. The first-order valence-corrected chi connectivity index (χ1v) is 11.1. The molecule has 5 nitrogen and oxygen atoms in total. The fourth-order valence-electron chi connectivity index (χ4n) is 3.24. The molecule has 29 heavy (non-hydrogen) atoms. The molecule has 1 aliphatic heterocycles. The van der Waals surface area contributed by atoms with Crippen molar-refractivity contribution in [3.8, 4) is 5.75 Å². The molecule has 0 atom stereocenters. The molecule has 1 saturated heterocycles. The van der Waals surface area contributed by atoms with Gasteiger partial charge in [0.15, 0.2) is 0 Å². The van der Waals surface area contributed by atoms with E-state index < -0.39 is 0 Å². The molecule has 0 saturated carbocycles. The summed E-state index contributed by atoms with van der Waals surface area (Å²) in [6.07, 6.45) is 3.38. The van der Waals surface area contributed by atoms with Crippen molar-refractivity contribution in [3.63, 3.8) is 0 Å². The van der Waals surface area contributed by atoms with Crippen LogP contribution in [0.2, 0.25) is 0 Å². The number of nitrogens with one attached hydrogen (secondary N) is 1. The van der Waals surface area contributed by atoms with Gasteiger partial charge in [-0.25, -0.2) is 0 Å². The average molecular weight is 413 g/mol. The van der Waals surface area contributed by atoms with Crippen molar-refractivity contribution >= 4 is 23.6 Å². The molecule has 3 rings (SSSR count). The average Bonchev–Trinajstić information content (AvgIpc) is 2.78. The summed E-state index contributed by atoms with van der Waals surface area (Å²) in [7, 11) is 0. The van der Waals surface area contributed by atoms with Crippen LogP contribution in [0.1, 0.15) is 42.1 Å². The largest absolute Gasteiger partial charge is 0.494 e. The van der Waals surface area contributed by atoms with Crippen LogP contribution in [-0.2, 0) is 11.3 Å². The molecule has 0 radical (unpaired) electrons. The SMILES string of the molecule is CCOc1ccc(SCC(=O)NCc2ccc(C(=O)N3CCCCC3)cc2)cc1. The number of nitrogens with zero attached hydrogens (tertiary/aromatic N) is 1. The first-order valence-electron chi connectivity index (χ1n) is 10.2. The molecule has 1 N–H and O–H groups in total. The molecule has 0 aliphatic carbocycles. The number of ether oxygens (including phenoxy) is 1. The van der Waals surface area contributed by atoms with Crippen molar-refractivity contribution in [1.29, 1.82) is 0 Å². The Labute approximate surface area is 176 Å². The first-order chi connectivity index (χ1) is 14.2. The number of hydrogen-bond acceptors (Lipinski definition) is 4. The minimum absolute atomic E-state index is 0.0163. The van der Waals surface area contributed by atoms with E-state index >= 15 is 0 Å². The zero-order chi connectivity index (χ0) is 20.5. The summed E-state index contributed by atoms with van der Waals surface area (Å²) < 4.78 is 5.42. The Morgan fingerprint density at radius 1 is 1.00 bits per heavy atom. The van der Waals surface area contributed by atoms with Crippen molar-refractivity contribution in [1.82, 2.24) is 10.2 Å². The molecule has 0 spiro atoms. The van der Waals surface area contributed by atoms with Gasteiger partial charge in [-0.2, -0.15) is 0 Å². The molecule has 0 aromatic heterocycles. The molecule has 1 heterocycles. The third kappa shape index (κ3) is 6.53. The summed E-state index contributed by atoms with van der Waals surface area (Å²) in [6, 6.07) is 15.3.